The van der Waals surface area contributed by atoms with Crippen LogP contribution in [0.1, 0.15) is 32.6 Å². The molecule has 1 saturated heterocycles. The van der Waals surface area contributed by atoms with Crippen LogP contribution in [0.15, 0.2) is 0 Å². The van der Waals surface area contributed by atoms with Gasteiger partial charge in [0.25, 0.3) is 0 Å². The van der Waals surface area contributed by atoms with Crippen molar-refractivity contribution in [3.05, 3.63) is 0 Å². The minimum absolute atomic E-state index is 0.321. The molecule has 0 radical (unpaired) electrons. The van der Waals surface area contributed by atoms with E-state index in [1.807, 2.05) is 0 Å². The van der Waals surface area contributed by atoms with Crippen molar-refractivity contribution >= 4 is 11.9 Å². The molecule has 21 heavy (non-hydrogen) atoms. The van der Waals surface area contributed by atoms with E-state index in [0.717, 1.165) is 19.5 Å². The molecule has 7 nitrogen and oxygen atoms in total. The second-order valence-corrected chi connectivity index (χ2v) is 5.38. The van der Waals surface area contributed by atoms with Crippen molar-refractivity contribution in [1.29, 1.82) is 0 Å². The third kappa shape index (κ3) is 4.70. The Morgan fingerprint density at radius 2 is 2.05 bits per heavy atom. The van der Waals surface area contributed by atoms with Gasteiger partial charge in [-0.1, -0.05) is 6.42 Å². The van der Waals surface area contributed by atoms with E-state index in [4.69, 9.17) is 4.74 Å². The van der Waals surface area contributed by atoms with Crippen molar-refractivity contribution in [2.24, 2.45) is 0 Å². The Morgan fingerprint density at radius 1 is 1.24 bits per heavy atom. The van der Waals surface area contributed by atoms with E-state index in [9.17, 15) is 0 Å². The Morgan fingerprint density at radius 3 is 2.76 bits per heavy atom. The SMILES string of the molecule is CNc1nc(NCCCN2CCCCC2C)nc(OC)n1. The maximum Gasteiger partial charge on any atom is 0.322 e. The number of hydrogen-bond acceptors (Lipinski definition) is 7. The normalized spacial score (nSPS) is 19.3. The first-order valence-corrected chi connectivity index (χ1v) is 7.68. The second kappa shape index (κ2) is 7.97. The minimum Gasteiger partial charge on any atom is -0.467 e. The van der Waals surface area contributed by atoms with Gasteiger partial charge in [0.1, 0.15) is 0 Å². The van der Waals surface area contributed by atoms with E-state index in [0.29, 0.717) is 23.9 Å². The van der Waals surface area contributed by atoms with Gasteiger partial charge in [0.15, 0.2) is 0 Å². The fraction of sp³-hybridized carbons (Fsp3) is 0.786. The summed E-state index contributed by atoms with van der Waals surface area (Å²) in [6.45, 7) is 5.52. The molecular weight excluding hydrogens is 268 g/mol. The maximum atomic E-state index is 5.06. The van der Waals surface area contributed by atoms with Crippen molar-refractivity contribution in [2.75, 3.05) is 44.4 Å². The first-order chi connectivity index (χ1) is 10.2. The third-order valence-electron chi connectivity index (χ3n) is 3.87. The predicted octanol–water partition coefficient (Wildman–Crippen LogP) is 1.60. The molecular formula is C14H26N6O. The number of nitrogens with one attached hydrogen (secondary N) is 2. The summed E-state index contributed by atoms with van der Waals surface area (Å²) in [5, 5.41) is 6.14. The highest BCUT2D eigenvalue weighted by molar-refractivity contribution is 5.35. The average molecular weight is 294 g/mol. The van der Waals surface area contributed by atoms with Gasteiger partial charge >= 0.3 is 6.01 Å². The molecule has 2 rings (SSSR count). The van der Waals surface area contributed by atoms with Crippen LogP contribution in [-0.4, -0.2) is 59.7 Å². The summed E-state index contributed by atoms with van der Waals surface area (Å²) >= 11 is 0. The molecule has 1 aromatic rings. The first kappa shape index (κ1) is 15.8. The average Bonchev–Trinajstić information content (AvgIpc) is 2.52. The van der Waals surface area contributed by atoms with Crippen LogP contribution in [-0.2, 0) is 0 Å². The molecule has 0 spiro atoms. The molecule has 0 bridgehead atoms. The number of methoxy groups -OCH3 is 1. The summed E-state index contributed by atoms with van der Waals surface area (Å²) < 4.78 is 5.06. The summed E-state index contributed by atoms with van der Waals surface area (Å²) in [5.41, 5.74) is 0. The van der Waals surface area contributed by atoms with Crippen molar-refractivity contribution in [2.45, 2.75) is 38.6 Å². The van der Waals surface area contributed by atoms with Gasteiger partial charge in [0.05, 0.1) is 7.11 Å². The lowest BCUT2D eigenvalue weighted by atomic mass is 10.0. The van der Waals surface area contributed by atoms with Gasteiger partial charge in [0.2, 0.25) is 11.9 Å². The topological polar surface area (TPSA) is 75.2 Å². The van der Waals surface area contributed by atoms with Crippen LogP contribution in [0.25, 0.3) is 0 Å². The van der Waals surface area contributed by atoms with E-state index in [-0.39, 0.29) is 0 Å². The molecule has 1 aliphatic heterocycles. The number of aromatic nitrogens is 3. The highest BCUT2D eigenvalue weighted by atomic mass is 16.5. The number of hydrogen-bond donors (Lipinski definition) is 2. The van der Waals surface area contributed by atoms with Crippen molar-refractivity contribution in [3.8, 4) is 6.01 Å². The smallest absolute Gasteiger partial charge is 0.322 e. The van der Waals surface area contributed by atoms with Crippen LogP contribution in [0.3, 0.4) is 0 Å². The van der Waals surface area contributed by atoms with Gasteiger partial charge < -0.3 is 20.3 Å². The van der Waals surface area contributed by atoms with E-state index in [1.165, 1.54) is 25.8 Å². The Bertz CT molecular complexity index is 419. The summed E-state index contributed by atoms with van der Waals surface area (Å²) in [7, 11) is 3.33. The number of rotatable bonds is 7. The van der Waals surface area contributed by atoms with E-state index in [2.05, 4.69) is 37.4 Å². The van der Waals surface area contributed by atoms with Crippen LogP contribution < -0.4 is 15.4 Å². The molecule has 1 atom stereocenters. The van der Waals surface area contributed by atoms with E-state index >= 15 is 0 Å². The molecule has 118 valence electrons. The zero-order chi connectivity index (χ0) is 15.1. The lowest BCUT2D eigenvalue weighted by molar-refractivity contribution is 0.160. The quantitative estimate of drug-likeness (QED) is 0.740. The fourth-order valence-corrected chi connectivity index (χ4v) is 2.61. The Hall–Kier alpha value is -1.63. The highest BCUT2D eigenvalue weighted by Crippen LogP contribution is 2.16. The molecule has 1 aliphatic rings. The highest BCUT2D eigenvalue weighted by Gasteiger charge is 2.17. The zero-order valence-electron chi connectivity index (χ0n) is 13.2. The lowest BCUT2D eigenvalue weighted by Crippen LogP contribution is -2.38. The van der Waals surface area contributed by atoms with Crippen LogP contribution in [0.2, 0.25) is 0 Å². The summed E-state index contributed by atoms with van der Waals surface area (Å²) in [4.78, 5) is 15.1. The molecule has 0 aromatic carbocycles. The molecule has 1 fully saturated rings. The summed E-state index contributed by atoms with van der Waals surface area (Å²) in [5.74, 6) is 1.06. The molecule has 0 amide bonds. The molecule has 0 aliphatic carbocycles. The number of ether oxygens (including phenoxy) is 1. The van der Waals surface area contributed by atoms with Gasteiger partial charge in [-0.3, -0.25) is 0 Å². The standard InChI is InChI=1S/C14H26N6O/c1-11-7-4-5-9-20(11)10-6-8-16-13-17-12(15-2)18-14(19-13)21-3/h11H,4-10H2,1-3H3,(H2,15,16,17,18,19). The number of nitrogens with zero attached hydrogens (tertiary/aromatic N) is 4. The van der Waals surface area contributed by atoms with Crippen LogP contribution >= 0.6 is 0 Å². The van der Waals surface area contributed by atoms with Crippen LogP contribution in [0.4, 0.5) is 11.9 Å². The molecule has 1 unspecified atom stereocenters. The van der Waals surface area contributed by atoms with Crippen molar-refractivity contribution < 1.29 is 4.74 Å². The first-order valence-electron chi connectivity index (χ1n) is 7.68. The fourth-order valence-electron chi connectivity index (χ4n) is 2.61. The Kier molecular flexibility index (Phi) is 5.98. The van der Waals surface area contributed by atoms with Crippen LogP contribution in [0, 0.1) is 0 Å². The van der Waals surface area contributed by atoms with Gasteiger partial charge in [0, 0.05) is 26.2 Å². The third-order valence-corrected chi connectivity index (χ3v) is 3.87. The monoisotopic (exact) mass is 294 g/mol. The maximum absolute atomic E-state index is 5.06. The Balaban J connectivity index is 1.77. The largest absolute Gasteiger partial charge is 0.467 e. The number of likely N-dealkylation sites (tertiary alicyclic amines) is 1. The molecule has 2 heterocycles. The minimum atomic E-state index is 0.321. The number of piperidine rings is 1. The van der Waals surface area contributed by atoms with E-state index in [1.54, 1.807) is 14.2 Å². The molecule has 1 aromatic heterocycles. The number of anilines is 2. The molecule has 2 N–H and O–H groups in total. The predicted molar refractivity (Wildman–Crippen MR) is 83.9 cm³/mol. The summed E-state index contributed by atoms with van der Waals surface area (Å²) in [6.07, 6.45) is 5.10. The van der Waals surface area contributed by atoms with Gasteiger partial charge in [-0.05, 0) is 32.7 Å². The van der Waals surface area contributed by atoms with Crippen molar-refractivity contribution in [1.82, 2.24) is 19.9 Å². The Labute approximate surface area is 126 Å². The summed E-state index contributed by atoms with van der Waals surface area (Å²) in [6, 6.07) is 1.04. The van der Waals surface area contributed by atoms with Gasteiger partial charge in [-0.15, -0.1) is 0 Å². The molecule has 7 heteroatoms. The zero-order valence-corrected chi connectivity index (χ0v) is 13.2. The van der Waals surface area contributed by atoms with Gasteiger partial charge in [-0.25, -0.2) is 0 Å². The van der Waals surface area contributed by atoms with Crippen molar-refractivity contribution in [3.63, 3.8) is 0 Å². The lowest BCUT2D eigenvalue weighted by Gasteiger charge is -2.33. The van der Waals surface area contributed by atoms with E-state index < -0.39 is 0 Å². The van der Waals surface area contributed by atoms with Gasteiger partial charge in [-0.2, -0.15) is 15.0 Å². The van der Waals surface area contributed by atoms with Crippen LogP contribution in [0.5, 0.6) is 6.01 Å². The second-order valence-electron chi connectivity index (χ2n) is 5.38. The molecule has 0 saturated carbocycles.